The van der Waals surface area contributed by atoms with Crippen LogP contribution in [-0.2, 0) is 4.79 Å². The van der Waals surface area contributed by atoms with E-state index in [1.165, 1.54) is 0 Å². The zero-order chi connectivity index (χ0) is 16.9. The Bertz CT molecular complexity index is 535. The number of carbonyl (C=O) groups excluding carboxylic acids is 2. The fraction of sp³-hybridized carbons (Fsp3) is 0.529. The molecule has 0 heterocycles. The number of anilines is 1. The predicted octanol–water partition coefficient (Wildman–Crippen LogP) is 2.42. The third kappa shape index (κ3) is 4.84. The molecule has 1 aromatic rings. The fourth-order valence-corrected chi connectivity index (χ4v) is 1.68. The molecule has 22 heavy (non-hydrogen) atoms. The number of amides is 2. The summed E-state index contributed by atoms with van der Waals surface area (Å²) in [5, 5.41) is 14.8. The maximum atomic E-state index is 12.4. The molecule has 5 nitrogen and oxygen atoms in total. The van der Waals surface area contributed by atoms with Gasteiger partial charge in [-0.2, -0.15) is 0 Å². The lowest BCUT2D eigenvalue weighted by Gasteiger charge is -2.22. The maximum absolute atomic E-state index is 12.4. The molecule has 0 bridgehead atoms. The van der Waals surface area contributed by atoms with Crippen molar-refractivity contribution in [2.75, 3.05) is 11.9 Å². The van der Waals surface area contributed by atoms with E-state index < -0.39 is 5.41 Å². The smallest absolute Gasteiger partial charge is 0.253 e. The average molecular weight is 306 g/mol. The summed E-state index contributed by atoms with van der Waals surface area (Å²) >= 11 is 0. The summed E-state index contributed by atoms with van der Waals surface area (Å²) in [5.74, 6) is -0.456. The van der Waals surface area contributed by atoms with Crippen molar-refractivity contribution in [2.45, 2.75) is 40.7 Å². The first-order valence-electron chi connectivity index (χ1n) is 7.49. The highest BCUT2D eigenvalue weighted by atomic mass is 16.3. The summed E-state index contributed by atoms with van der Waals surface area (Å²) < 4.78 is 0. The van der Waals surface area contributed by atoms with Crippen molar-refractivity contribution in [3.05, 3.63) is 29.8 Å². The molecule has 2 amide bonds. The standard InChI is InChI=1S/C17H26N2O3/c1-11(10-20)12(2)18-15(21)13-8-6-7-9-14(13)19-16(22)17(3,4)5/h6-9,11-12,20H,10H2,1-5H3,(H,18,21)(H,19,22). The van der Waals surface area contributed by atoms with Crippen molar-refractivity contribution in [3.8, 4) is 0 Å². The van der Waals surface area contributed by atoms with Gasteiger partial charge >= 0.3 is 0 Å². The van der Waals surface area contributed by atoms with Crippen molar-refractivity contribution in [2.24, 2.45) is 11.3 Å². The highest BCUT2D eigenvalue weighted by molar-refractivity contribution is 6.04. The molecule has 1 aromatic carbocycles. The lowest BCUT2D eigenvalue weighted by Crippen LogP contribution is -2.39. The third-order valence-electron chi connectivity index (χ3n) is 3.60. The number of rotatable bonds is 5. The first kappa shape index (κ1) is 18.2. The second-order valence-corrected chi connectivity index (χ2v) is 6.67. The van der Waals surface area contributed by atoms with Gasteiger partial charge in [0.05, 0.1) is 11.3 Å². The molecular weight excluding hydrogens is 280 g/mol. The van der Waals surface area contributed by atoms with Crippen LogP contribution < -0.4 is 10.6 Å². The number of hydrogen-bond acceptors (Lipinski definition) is 3. The predicted molar refractivity (Wildman–Crippen MR) is 87.7 cm³/mol. The number of para-hydroxylation sites is 1. The molecule has 0 spiro atoms. The van der Waals surface area contributed by atoms with Gasteiger partial charge in [-0.15, -0.1) is 0 Å². The number of benzene rings is 1. The second kappa shape index (κ2) is 7.40. The largest absolute Gasteiger partial charge is 0.396 e. The fourth-order valence-electron chi connectivity index (χ4n) is 1.68. The molecule has 0 aromatic heterocycles. The Kier molecular flexibility index (Phi) is 6.11. The minimum atomic E-state index is -0.539. The molecule has 0 saturated carbocycles. The molecule has 0 radical (unpaired) electrons. The zero-order valence-electron chi connectivity index (χ0n) is 13.9. The van der Waals surface area contributed by atoms with Crippen molar-refractivity contribution in [1.29, 1.82) is 0 Å². The van der Waals surface area contributed by atoms with E-state index in [0.29, 0.717) is 11.3 Å². The van der Waals surface area contributed by atoms with E-state index in [4.69, 9.17) is 5.11 Å². The Balaban J connectivity index is 2.92. The van der Waals surface area contributed by atoms with E-state index in [0.717, 1.165) is 0 Å². The van der Waals surface area contributed by atoms with Crippen LogP contribution in [0.5, 0.6) is 0 Å². The van der Waals surface area contributed by atoms with Crippen LogP contribution in [0.4, 0.5) is 5.69 Å². The van der Waals surface area contributed by atoms with E-state index in [1.807, 2.05) is 34.6 Å². The molecule has 0 saturated heterocycles. The van der Waals surface area contributed by atoms with Crippen LogP contribution in [0.2, 0.25) is 0 Å². The average Bonchev–Trinajstić information content (AvgIpc) is 2.45. The van der Waals surface area contributed by atoms with Crippen molar-refractivity contribution in [3.63, 3.8) is 0 Å². The normalized spacial score (nSPS) is 14.1. The lowest BCUT2D eigenvalue weighted by molar-refractivity contribution is -0.123. The molecule has 2 atom stereocenters. The quantitative estimate of drug-likeness (QED) is 0.781. The topological polar surface area (TPSA) is 78.4 Å². The van der Waals surface area contributed by atoms with Crippen LogP contribution in [0.3, 0.4) is 0 Å². The van der Waals surface area contributed by atoms with E-state index in [1.54, 1.807) is 24.3 Å². The number of hydrogen-bond donors (Lipinski definition) is 3. The van der Waals surface area contributed by atoms with Crippen LogP contribution in [0.1, 0.15) is 45.0 Å². The van der Waals surface area contributed by atoms with Crippen molar-refractivity contribution < 1.29 is 14.7 Å². The lowest BCUT2D eigenvalue weighted by atomic mass is 9.95. The molecule has 0 aliphatic carbocycles. The van der Waals surface area contributed by atoms with Crippen LogP contribution in [0.25, 0.3) is 0 Å². The maximum Gasteiger partial charge on any atom is 0.253 e. The van der Waals surface area contributed by atoms with Crippen LogP contribution in [0.15, 0.2) is 24.3 Å². The number of aliphatic hydroxyl groups excluding tert-OH is 1. The molecule has 0 aliphatic rings. The molecule has 1 rings (SSSR count). The minimum absolute atomic E-state index is 0.00382. The van der Waals surface area contributed by atoms with Crippen molar-refractivity contribution >= 4 is 17.5 Å². The van der Waals surface area contributed by atoms with Gasteiger partial charge < -0.3 is 15.7 Å². The summed E-state index contributed by atoms with van der Waals surface area (Å²) in [6.07, 6.45) is 0. The van der Waals surface area contributed by atoms with Crippen LogP contribution in [-0.4, -0.2) is 29.6 Å². The second-order valence-electron chi connectivity index (χ2n) is 6.67. The monoisotopic (exact) mass is 306 g/mol. The van der Waals surface area contributed by atoms with Gasteiger partial charge in [-0.25, -0.2) is 0 Å². The molecular formula is C17H26N2O3. The molecule has 5 heteroatoms. The van der Waals surface area contributed by atoms with Gasteiger partial charge in [0.25, 0.3) is 5.91 Å². The van der Waals surface area contributed by atoms with Gasteiger partial charge in [-0.1, -0.05) is 39.8 Å². The SMILES string of the molecule is CC(CO)C(C)NC(=O)c1ccccc1NC(=O)C(C)(C)C. The Morgan fingerprint density at radius 2 is 1.77 bits per heavy atom. The molecule has 2 unspecified atom stereocenters. The van der Waals surface area contributed by atoms with Gasteiger partial charge in [0.15, 0.2) is 0 Å². The van der Waals surface area contributed by atoms with Gasteiger partial charge in [0.2, 0.25) is 5.91 Å². The minimum Gasteiger partial charge on any atom is -0.396 e. The number of nitrogens with one attached hydrogen (secondary N) is 2. The number of aliphatic hydroxyl groups is 1. The van der Waals surface area contributed by atoms with E-state index in [-0.39, 0.29) is 30.4 Å². The first-order chi connectivity index (χ1) is 10.2. The zero-order valence-corrected chi connectivity index (χ0v) is 13.9. The van der Waals surface area contributed by atoms with Crippen molar-refractivity contribution in [1.82, 2.24) is 5.32 Å². The molecule has 0 fully saturated rings. The van der Waals surface area contributed by atoms with E-state index in [2.05, 4.69) is 10.6 Å². The van der Waals surface area contributed by atoms with Gasteiger partial charge in [-0.3, -0.25) is 9.59 Å². The molecule has 3 N–H and O–H groups in total. The Labute approximate surface area is 132 Å². The summed E-state index contributed by atoms with van der Waals surface area (Å²) in [7, 11) is 0. The highest BCUT2D eigenvalue weighted by Gasteiger charge is 2.23. The first-order valence-corrected chi connectivity index (χ1v) is 7.49. The van der Waals surface area contributed by atoms with Crippen LogP contribution >= 0.6 is 0 Å². The number of carbonyl (C=O) groups is 2. The molecule has 122 valence electrons. The molecule has 0 aliphatic heterocycles. The summed E-state index contributed by atoms with van der Waals surface area (Å²) in [6.45, 7) is 9.15. The Hall–Kier alpha value is -1.88. The Morgan fingerprint density at radius 1 is 1.18 bits per heavy atom. The summed E-state index contributed by atoms with van der Waals surface area (Å²) in [6, 6.07) is 6.74. The van der Waals surface area contributed by atoms with E-state index in [9.17, 15) is 9.59 Å². The van der Waals surface area contributed by atoms with Crippen LogP contribution in [0, 0.1) is 11.3 Å². The summed E-state index contributed by atoms with van der Waals surface area (Å²) in [4.78, 5) is 24.5. The third-order valence-corrected chi connectivity index (χ3v) is 3.60. The van der Waals surface area contributed by atoms with Gasteiger partial charge in [-0.05, 0) is 25.0 Å². The van der Waals surface area contributed by atoms with E-state index >= 15 is 0 Å². The van der Waals surface area contributed by atoms with Gasteiger partial charge in [0, 0.05) is 18.1 Å². The Morgan fingerprint density at radius 3 is 2.32 bits per heavy atom. The van der Waals surface area contributed by atoms with Gasteiger partial charge in [0.1, 0.15) is 0 Å². The summed E-state index contributed by atoms with van der Waals surface area (Å²) in [5.41, 5.74) is 0.364. The highest BCUT2D eigenvalue weighted by Crippen LogP contribution is 2.20.